The topological polar surface area (TPSA) is 32.3 Å². The molecule has 23 heavy (non-hydrogen) atoms. The van der Waals surface area contributed by atoms with Crippen LogP contribution < -0.4 is 5.32 Å². The molecule has 1 aliphatic heterocycles. The lowest BCUT2D eigenvalue weighted by molar-refractivity contribution is -0.126. The second-order valence-electron chi connectivity index (χ2n) is 7.54. The Labute approximate surface area is 141 Å². The molecule has 1 saturated heterocycles. The Bertz CT molecular complexity index is 516. The number of carbonyl (C=O) groups is 1. The third kappa shape index (κ3) is 4.81. The van der Waals surface area contributed by atoms with E-state index in [2.05, 4.69) is 55.3 Å². The Kier molecular flexibility index (Phi) is 6.23. The minimum Gasteiger partial charge on any atom is -0.354 e. The van der Waals surface area contributed by atoms with E-state index in [-0.39, 0.29) is 17.4 Å². The summed E-state index contributed by atoms with van der Waals surface area (Å²) in [5.41, 5.74) is 2.54. The first kappa shape index (κ1) is 18.0. The van der Waals surface area contributed by atoms with Crippen molar-refractivity contribution in [3.63, 3.8) is 0 Å². The Morgan fingerprint density at radius 1 is 1.17 bits per heavy atom. The molecule has 1 N–H and O–H groups in total. The van der Waals surface area contributed by atoms with Crippen LogP contribution in [-0.4, -0.2) is 36.5 Å². The molecule has 3 nitrogen and oxygen atoms in total. The fourth-order valence-corrected chi connectivity index (χ4v) is 3.53. The maximum Gasteiger partial charge on any atom is 0.237 e. The van der Waals surface area contributed by atoms with Gasteiger partial charge < -0.3 is 5.32 Å². The molecule has 0 radical (unpaired) electrons. The first-order valence-corrected chi connectivity index (χ1v) is 9.00. The number of likely N-dealkylation sites (tertiary alicyclic amines) is 1. The van der Waals surface area contributed by atoms with Gasteiger partial charge >= 0.3 is 0 Å². The molecular formula is C20H32N2O. The molecule has 3 heteroatoms. The molecule has 1 amide bonds. The predicted molar refractivity (Wildman–Crippen MR) is 96.7 cm³/mol. The predicted octanol–water partition coefficient (Wildman–Crippen LogP) is 3.65. The molecule has 0 bridgehead atoms. The molecule has 1 aromatic rings. The Balaban J connectivity index is 1.93. The van der Waals surface area contributed by atoms with E-state index in [0.29, 0.717) is 6.54 Å². The summed E-state index contributed by atoms with van der Waals surface area (Å²) in [6.07, 6.45) is 5.02. The van der Waals surface area contributed by atoms with Crippen LogP contribution in [-0.2, 0) is 10.2 Å². The highest BCUT2D eigenvalue weighted by Gasteiger charge is 2.26. The lowest BCUT2D eigenvalue weighted by atomic mass is 9.82. The quantitative estimate of drug-likeness (QED) is 0.899. The lowest BCUT2D eigenvalue weighted by Crippen LogP contribution is -2.48. The Morgan fingerprint density at radius 3 is 2.39 bits per heavy atom. The van der Waals surface area contributed by atoms with E-state index >= 15 is 0 Å². The second-order valence-corrected chi connectivity index (χ2v) is 7.54. The van der Waals surface area contributed by atoms with E-state index in [1.165, 1.54) is 36.8 Å². The minimum absolute atomic E-state index is 0.0271. The van der Waals surface area contributed by atoms with Crippen molar-refractivity contribution >= 4 is 5.91 Å². The molecule has 128 valence electrons. The van der Waals surface area contributed by atoms with E-state index in [4.69, 9.17) is 0 Å². The van der Waals surface area contributed by atoms with E-state index in [1.807, 2.05) is 6.92 Å². The summed E-state index contributed by atoms with van der Waals surface area (Å²) in [4.78, 5) is 14.9. The molecule has 1 heterocycles. The molecule has 0 saturated carbocycles. The fourth-order valence-electron chi connectivity index (χ4n) is 3.53. The van der Waals surface area contributed by atoms with Gasteiger partial charge in [-0.25, -0.2) is 0 Å². The normalized spacial score (nSPS) is 18.3. The zero-order valence-electron chi connectivity index (χ0n) is 15.2. The SMILES string of the molecule is Cc1ccccc1C(C)(C)CNC(=O)C(C)N1CCCCCC1. The van der Waals surface area contributed by atoms with E-state index in [1.54, 1.807) is 0 Å². The van der Waals surface area contributed by atoms with Crippen molar-refractivity contribution in [2.45, 2.75) is 64.8 Å². The summed E-state index contributed by atoms with van der Waals surface area (Å²) in [5, 5.41) is 3.19. The van der Waals surface area contributed by atoms with Crippen LogP contribution in [0.15, 0.2) is 24.3 Å². The average molecular weight is 316 g/mol. The molecule has 0 spiro atoms. The van der Waals surface area contributed by atoms with Gasteiger partial charge in [0.25, 0.3) is 0 Å². The highest BCUT2D eigenvalue weighted by molar-refractivity contribution is 5.81. The summed E-state index contributed by atoms with van der Waals surface area (Å²) < 4.78 is 0. The van der Waals surface area contributed by atoms with E-state index in [9.17, 15) is 4.79 Å². The van der Waals surface area contributed by atoms with Crippen LogP contribution in [0.4, 0.5) is 0 Å². The smallest absolute Gasteiger partial charge is 0.237 e. The van der Waals surface area contributed by atoms with Gasteiger partial charge in [0.1, 0.15) is 0 Å². The number of carbonyl (C=O) groups excluding carboxylic acids is 1. The van der Waals surface area contributed by atoms with Crippen molar-refractivity contribution in [1.29, 1.82) is 0 Å². The number of rotatable bonds is 5. The minimum atomic E-state index is -0.0560. The van der Waals surface area contributed by atoms with Gasteiger partial charge in [-0.05, 0) is 50.9 Å². The molecule has 0 aromatic heterocycles. The maximum absolute atomic E-state index is 12.6. The Morgan fingerprint density at radius 2 is 1.78 bits per heavy atom. The third-order valence-corrected chi connectivity index (χ3v) is 5.15. The summed E-state index contributed by atoms with van der Waals surface area (Å²) in [7, 11) is 0. The van der Waals surface area contributed by atoms with Gasteiger partial charge in [-0.2, -0.15) is 0 Å². The van der Waals surface area contributed by atoms with Crippen LogP contribution in [0.2, 0.25) is 0 Å². The number of nitrogens with one attached hydrogen (secondary N) is 1. The first-order chi connectivity index (χ1) is 10.9. The molecule has 1 unspecified atom stereocenters. The number of benzene rings is 1. The molecule has 0 aliphatic carbocycles. The van der Waals surface area contributed by atoms with Crippen molar-refractivity contribution in [3.8, 4) is 0 Å². The number of hydrogen-bond acceptors (Lipinski definition) is 2. The average Bonchev–Trinajstić information content (AvgIpc) is 2.81. The molecule has 1 aromatic carbocycles. The van der Waals surface area contributed by atoms with Gasteiger partial charge in [0.2, 0.25) is 5.91 Å². The van der Waals surface area contributed by atoms with Gasteiger partial charge in [-0.15, -0.1) is 0 Å². The second kappa shape index (κ2) is 7.96. The number of nitrogens with zero attached hydrogens (tertiary/aromatic N) is 1. The highest BCUT2D eigenvalue weighted by Crippen LogP contribution is 2.25. The Hall–Kier alpha value is -1.35. The van der Waals surface area contributed by atoms with E-state index in [0.717, 1.165) is 13.1 Å². The van der Waals surface area contributed by atoms with Crippen LogP contribution in [0.1, 0.15) is 57.6 Å². The van der Waals surface area contributed by atoms with Crippen molar-refractivity contribution in [2.24, 2.45) is 0 Å². The molecular weight excluding hydrogens is 284 g/mol. The van der Waals surface area contributed by atoms with Crippen molar-refractivity contribution in [2.75, 3.05) is 19.6 Å². The lowest BCUT2D eigenvalue weighted by Gasteiger charge is -2.30. The van der Waals surface area contributed by atoms with E-state index < -0.39 is 0 Å². The largest absolute Gasteiger partial charge is 0.354 e. The summed E-state index contributed by atoms with van der Waals surface area (Å²) >= 11 is 0. The monoisotopic (exact) mass is 316 g/mol. The van der Waals surface area contributed by atoms with Crippen LogP contribution >= 0.6 is 0 Å². The van der Waals surface area contributed by atoms with Crippen molar-refractivity contribution in [1.82, 2.24) is 10.2 Å². The first-order valence-electron chi connectivity index (χ1n) is 9.00. The van der Waals surface area contributed by atoms with Crippen LogP contribution in [0.5, 0.6) is 0 Å². The number of amides is 1. The molecule has 1 fully saturated rings. The number of hydrogen-bond donors (Lipinski definition) is 1. The zero-order valence-corrected chi connectivity index (χ0v) is 15.2. The zero-order chi connectivity index (χ0) is 16.9. The summed E-state index contributed by atoms with van der Waals surface area (Å²) in [5.74, 6) is 0.161. The van der Waals surface area contributed by atoms with Gasteiger partial charge in [-0.1, -0.05) is 51.0 Å². The van der Waals surface area contributed by atoms with Gasteiger partial charge in [0, 0.05) is 12.0 Å². The summed E-state index contributed by atoms with van der Waals surface area (Å²) in [6.45, 7) is 11.4. The number of aryl methyl sites for hydroxylation is 1. The van der Waals surface area contributed by atoms with Crippen LogP contribution in [0.3, 0.4) is 0 Å². The summed E-state index contributed by atoms with van der Waals surface area (Å²) in [6, 6.07) is 8.42. The highest BCUT2D eigenvalue weighted by atomic mass is 16.2. The van der Waals surface area contributed by atoms with Crippen molar-refractivity contribution in [3.05, 3.63) is 35.4 Å². The standard InChI is InChI=1S/C20H32N2O/c1-16-11-7-8-12-18(16)20(3,4)15-21-19(23)17(2)22-13-9-5-6-10-14-22/h7-8,11-12,17H,5-6,9-10,13-15H2,1-4H3,(H,21,23). The molecule has 1 atom stereocenters. The molecule has 1 aliphatic rings. The van der Waals surface area contributed by atoms with Gasteiger partial charge in [0.15, 0.2) is 0 Å². The fraction of sp³-hybridized carbons (Fsp3) is 0.650. The van der Waals surface area contributed by atoms with Gasteiger partial charge in [-0.3, -0.25) is 9.69 Å². The molecule has 2 rings (SSSR count). The third-order valence-electron chi connectivity index (χ3n) is 5.15. The van der Waals surface area contributed by atoms with Crippen molar-refractivity contribution < 1.29 is 4.79 Å². The van der Waals surface area contributed by atoms with Gasteiger partial charge in [0.05, 0.1) is 6.04 Å². The van der Waals surface area contributed by atoms with Crippen LogP contribution in [0, 0.1) is 6.92 Å². The maximum atomic E-state index is 12.6. The van der Waals surface area contributed by atoms with Crippen LogP contribution in [0.25, 0.3) is 0 Å².